The van der Waals surface area contributed by atoms with E-state index in [1.165, 1.54) is 0 Å². The number of aromatic nitrogens is 3. The Morgan fingerprint density at radius 2 is 2.47 bits per heavy atom. The fraction of sp³-hybridized carbons (Fsp3) is 0.500. The van der Waals surface area contributed by atoms with Crippen LogP contribution in [0.3, 0.4) is 0 Å². The highest BCUT2D eigenvalue weighted by atomic mass is 16.5. The molecular weight excluding hydrogens is 218 g/mol. The Labute approximate surface area is 99.4 Å². The zero-order valence-corrected chi connectivity index (χ0v) is 9.80. The third-order valence-electron chi connectivity index (χ3n) is 3.07. The number of methoxy groups -OCH3 is 1. The number of pyridine rings is 1. The van der Waals surface area contributed by atoms with E-state index in [9.17, 15) is 0 Å². The van der Waals surface area contributed by atoms with Gasteiger partial charge in [-0.15, -0.1) is 5.10 Å². The molecule has 1 aliphatic rings. The molecule has 90 valence electrons. The Morgan fingerprint density at radius 3 is 3.24 bits per heavy atom. The van der Waals surface area contributed by atoms with Gasteiger partial charge in [0.05, 0.1) is 7.11 Å². The molecule has 1 saturated heterocycles. The number of nitrogens with zero attached hydrogens (tertiary/aromatic N) is 3. The van der Waals surface area contributed by atoms with Crippen molar-refractivity contribution >= 4 is 5.65 Å². The second-order valence-corrected chi connectivity index (χ2v) is 4.30. The molecule has 0 aliphatic carbocycles. The average molecular weight is 233 g/mol. The smallest absolute Gasteiger partial charge is 0.216 e. The predicted octanol–water partition coefficient (Wildman–Crippen LogP) is 1.32. The second-order valence-electron chi connectivity index (χ2n) is 4.30. The van der Waals surface area contributed by atoms with Crippen molar-refractivity contribution < 1.29 is 9.47 Å². The van der Waals surface area contributed by atoms with Gasteiger partial charge in [-0.3, -0.25) is 0 Å². The molecule has 3 rings (SSSR count). The van der Waals surface area contributed by atoms with Gasteiger partial charge in [0.1, 0.15) is 0 Å². The summed E-state index contributed by atoms with van der Waals surface area (Å²) in [6.07, 6.45) is 1.98. The molecule has 1 aliphatic heterocycles. The molecular formula is C12H15N3O2. The maximum atomic E-state index is 5.36. The number of hydrogen-bond donors (Lipinski definition) is 0. The predicted molar refractivity (Wildman–Crippen MR) is 62.2 cm³/mol. The van der Waals surface area contributed by atoms with Gasteiger partial charge >= 0.3 is 0 Å². The zero-order chi connectivity index (χ0) is 11.7. The molecule has 5 nitrogen and oxygen atoms in total. The van der Waals surface area contributed by atoms with Gasteiger partial charge in [-0.2, -0.15) is 4.52 Å². The van der Waals surface area contributed by atoms with Crippen LogP contribution in [0, 0.1) is 5.92 Å². The lowest BCUT2D eigenvalue weighted by Gasteiger charge is -2.02. The maximum absolute atomic E-state index is 5.36. The summed E-state index contributed by atoms with van der Waals surface area (Å²) in [7, 11) is 1.64. The third-order valence-corrected chi connectivity index (χ3v) is 3.07. The summed E-state index contributed by atoms with van der Waals surface area (Å²) in [6, 6.07) is 5.74. The number of ether oxygens (including phenoxy) is 2. The first-order valence-corrected chi connectivity index (χ1v) is 5.83. The van der Waals surface area contributed by atoms with Crippen molar-refractivity contribution in [3.05, 3.63) is 24.0 Å². The van der Waals surface area contributed by atoms with Gasteiger partial charge in [-0.1, -0.05) is 6.07 Å². The van der Waals surface area contributed by atoms with Crippen LogP contribution in [0.15, 0.2) is 18.2 Å². The Hall–Kier alpha value is -1.62. The highest BCUT2D eigenvalue weighted by Gasteiger charge is 2.18. The number of rotatable bonds is 3. The average Bonchev–Trinajstić information content (AvgIpc) is 2.97. The van der Waals surface area contributed by atoms with E-state index >= 15 is 0 Å². The SMILES string of the molecule is COc1cccc2nc(CC3CCOC3)nn12. The summed E-state index contributed by atoms with van der Waals surface area (Å²) in [5.41, 5.74) is 0.832. The molecule has 2 aromatic heterocycles. The lowest BCUT2D eigenvalue weighted by atomic mass is 10.1. The van der Waals surface area contributed by atoms with E-state index in [0.717, 1.165) is 37.5 Å². The molecule has 1 unspecified atom stereocenters. The molecule has 3 heterocycles. The highest BCUT2D eigenvalue weighted by Crippen LogP contribution is 2.18. The molecule has 0 spiro atoms. The van der Waals surface area contributed by atoms with Gasteiger partial charge in [0, 0.05) is 25.7 Å². The van der Waals surface area contributed by atoms with Crippen LogP contribution < -0.4 is 4.74 Å². The van der Waals surface area contributed by atoms with Gasteiger partial charge < -0.3 is 9.47 Å². The Kier molecular flexibility index (Phi) is 2.68. The highest BCUT2D eigenvalue weighted by molar-refractivity contribution is 5.40. The zero-order valence-electron chi connectivity index (χ0n) is 9.80. The van der Waals surface area contributed by atoms with E-state index in [1.54, 1.807) is 11.6 Å². The molecule has 0 aromatic carbocycles. The number of hydrogen-bond acceptors (Lipinski definition) is 4. The van der Waals surface area contributed by atoms with Crippen LogP contribution in [-0.2, 0) is 11.2 Å². The van der Waals surface area contributed by atoms with E-state index in [-0.39, 0.29) is 0 Å². The summed E-state index contributed by atoms with van der Waals surface area (Å²) in [5.74, 6) is 2.13. The lowest BCUT2D eigenvalue weighted by Crippen LogP contribution is -2.05. The largest absolute Gasteiger partial charge is 0.481 e. The normalized spacial score (nSPS) is 19.9. The first kappa shape index (κ1) is 10.5. The van der Waals surface area contributed by atoms with E-state index in [1.807, 2.05) is 18.2 Å². The molecule has 0 saturated carbocycles. The van der Waals surface area contributed by atoms with Crippen molar-refractivity contribution in [1.29, 1.82) is 0 Å². The van der Waals surface area contributed by atoms with Crippen LogP contribution in [0.2, 0.25) is 0 Å². The molecule has 0 N–H and O–H groups in total. The minimum atomic E-state index is 0.554. The van der Waals surface area contributed by atoms with Crippen molar-refractivity contribution in [1.82, 2.24) is 14.6 Å². The third kappa shape index (κ3) is 1.98. The van der Waals surface area contributed by atoms with Crippen LogP contribution in [-0.4, -0.2) is 34.9 Å². The molecule has 1 atom stereocenters. The van der Waals surface area contributed by atoms with Crippen molar-refractivity contribution in [2.75, 3.05) is 20.3 Å². The van der Waals surface area contributed by atoms with E-state index in [4.69, 9.17) is 9.47 Å². The van der Waals surface area contributed by atoms with Crippen molar-refractivity contribution in [3.63, 3.8) is 0 Å². The molecule has 0 radical (unpaired) electrons. The van der Waals surface area contributed by atoms with Crippen LogP contribution in [0.25, 0.3) is 5.65 Å². The van der Waals surface area contributed by atoms with Crippen LogP contribution in [0.4, 0.5) is 0 Å². The lowest BCUT2D eigenvalue weighted by molar-refractivity contribution is 0.185. The molecule has 17 heavy (non-hydrogen) atoms. The topological polar surface area (TPSA) is 48.7 Å². The maximum Gasteiger partial charge on any atom is 0.216 e. The molecule has 5 heteroatoms. The quantitative estimate of drug-likeness (QED) is 0.802. The summed E-state index contributed by atoms with van der Waals surface area (Å²) in [6.45, 7) is 1.69. The van der Waals surface area contributed by atoms with Gasteiger partial charge in [0.2, 0.25) is 5.88 Å². The van der Waals surface area contributed by atoms with Crippen molar-refractivity contribution in [2.45, 2.75) is 12.8 Å². The summed E-state index contributed by atoms with van der Waals surface area (Å²) < 4.78 is 12.3. The minimum Gasteiger partial charge on any atom is -0.481 e. The Balaban J connectivity index is 1.90. The van der Waals surface area contributed by atoms with Crippen molar-refractivity contribution in [2.24, 2.45) is 5.92 Å². The first-order chi connectivity index (χ1) is 8.36. The summed E-state index contributed by atoms with van der Waals surface area (Å²) >= 11 is 0. The van der Waals surface area contributed by atoms with Gasteiger partial charge in [0.25, 0.3) is 0 Å². The van der Waals surface area contributed by atoms with E-state index < -0.39 is 0 Å². The van der Waals surface area contributed by atoms with Crippen molar-refractivity contribution in [3.8, 4) is 5.88 Å². The van der Waals surface area contributed by atoms with Crippen LogP contribution in [0.5, 0.6) is 5.88 Å². The summed E-state index contributed by atoms with van der Waals surface area (Å²) in [5, 5.41) is 4.47. The minimum absolute atomic E-state index is 0.554. The first-order valence-electron chi connectivity index (χ1n) is 5.83. The fourth-order valence-corrected chi connectivity index (χ4v) is 2.17. The molecule has 0 bridgehead atoms. The standard InChI is InChI=1S/C12H15N3O2/c1-16-12-4-2-3-11-13-10(14-15(11)12)7-9-5-6-17-8-9/h2-4,9H,5-8H2,1H3. The fourth-order valence-electron chi connectivity index (χ4n) is 2.17. The number of fused-ring (bicyclic) bond motifs is 1. The van der Waals surface area contributed by atoms with E-state index in [0.29, 0.717) is 11.8 Å². The summed E-state index contributed by atoms with van der Waals surface area (Å²) in [4.78, 5) is 4.50. The Bertz CT molecular complexity index is 517. The van der Waals surface area contributed by atoms with Crippen LogP contribution in [0.1, 0.15) is 12.2 Å². The van der Waals surface area contributed by atoms with Gasteiger partial charge in [-0.05, 0) is 18.4 Å². The molecule has 0 amide bonds. The Morgan fingerprint density at radius 1 is 1.53 bits per heavy atom. The monoisotopic (exact) mass is 233 g/mol. The van der Waals surface area contributed by atoms with Crippen LogP contribution >= 0.6 is 0 Å². The second kappa shape index (κ2) is 4.33. The van der Waals surface area contributed by atoms with Gasteiger partial charge in [-0.25, -0.2) is 4.98 Å². The molecule has 1 fully saturated rings. The molecule has 2 aromatic rings. The van der Waals surface area contributed by atoms with E-state index in [2.05, 4.69) is 10.1 Å². The van der Waals surface area contributed by atoms with Gasteiger partial charge in [0.15, 0.2) is 11.5 Å².